The smallest absolute Gasteiger partial charge is 0.410 e. The average Bonchev–Trinajstić information content (AvgIpc) is 2.47. The number of hydrogen-bond acceptors (Lipinski definition) is 3. The van der Waals surface area contributed by atoms with E-state index in [1.807, 2.05) is 27.7 Å². The SMILES string of the molecule is C[C@H](N)[C@H]1CCCN1C(=O)OC(C)(C)C. The number of hydrogen-bond donors (Lipinski definition) is 1. The molecule has 0 bridgehead atoms. The van der Waals surface area contributed by atoms with Crippen LogP contribution in [-0.4, -0.2) is 35.2 Å². The van der Waals surface area contributed by atoms with Gasteiger partial charge in [0.25, 0.3) is 0 Å². The molecule has 1 aliphatic heterocycles. The molecule has 1 aliphatic rings. The highest BCUT2D eigenvalue weighted by atomic mass is 16.6. The molecule has 1 rings (SSSR count). The molecule has 0 spiro atoms. The van der Waals surface area contributed by atoms with Crippen LogP contribution in [0.5, 0.6) is 0 Å². The Bertz CT molecular complexity index is 233. The third kappa shape index (κ3) is 3.38. The molecule has 0 aliphatic carbocycles. The molecule has 0 unspecified atom stereocenters. The van der Waals surface area contributed by atoms with Crippen LogP contribution in [-0.2, 0) is 4.74 Å². The Morgan fingerprint density at radius 1 is 1.53 bits per heavy atom. The third-order valence-corrected chi connectivity index (χ3v) is 2.53. The monoisotopic (exact) mass is 214 g/mol. The molecule has 1 heterocycles. The van der Waals surface area contributed by atoms with Gasteiger partial charge >= 0.3 is 6.09 Å². The molecular weight excluding hydrogens is 192 g/mol. The standard InChI is InChI=1S/C11H22N2O2/c1-8(12)9-6-5-7-13(9)10(14)15-11(2,3)4/h8-9H,5-7,12H2,1-4H3/t8-,9+/m0/s1. The van der Waals surface area contributed by atoms with Crippen LogP contribution in [0.2, 0.25) is 0 Å². The van der Waals surface area contributed by atoms with Gasteiger partial charge in [-0.15, -0.1) is 0 Å². The molecule has 0 saturated carbocycles. The first kappa shape index (κ1) is 12.3. The van der Waals surface area contributed by atoms with E-state index in [9.17, 15) is 4.79 Å². The Kier molecular flexibility index (Phi) is 3.60. The molecule has 0 aromatic heterocycles. The van der Waals surface area contributed by atoms with Gasteiger partial charge in [0.2, 0.25) is 0 Å². The lowest BCUT2D eigenvalue weighted by Gasteiger charge is -2.30. The Morgan fingerprint density at radius 3 is 2.60 bits per heavy atom. The van der Waals surface area contributed by atoms with Crippen molar-refractivity contribution in [2.45, 2.75) is 58.2 Å². The van der Waals surface area contributed by atoms with Gasteiger partial charge < -0.3 is 15.4 Å². The molecule has 88 valence electrons. The van der Waals surface area contributed by atoms with Crippen LogP contribution in [0.15, 0.2) is 0 Å². The van der Waals surface area contributed by atoms with Crippen molar-refractivity contribution in [2.75, 3.05) is 6.54 Å². The minimum absolute atomic E-state index is 0.0139. The molecule has 4 nitrogen and oxygen atoms in total. The molecule has 0 radical (unpaired) electrons. The molecule has 1 fully saturated rings. The molecule has 2 atom stereocenters. The topological polar surface area (TPSA) is 55.6 Å². The summed E-state index contributed by atoms with van der Waals surface area (Å²) in [4.78, 5) is 13.6. The fourth-order valence-corrected chi connectivity index (χ4v) is 1.89. The number of rotatable bonds is 1. The zero-order chi connectivity index (χ0) is 11.6. The van der Waals surface area contributed by atoms with E-state index in [0.717, 1.165) is 19.4 Å². The number of amides is 1. The lowest BCUT2D eigenvalue weighted by Crippen LogP contribution is -2.47. The Hall–Kier alpha value is -0.770. The minimum atomic E-state index is -0.429. The van der Waals surface area contributed by atoms with E-state index in [0.29, 0.717) is 0 Å². The lowest BCUT2D eigenvalue weighted by molar-refractivity contribution is 0.0211. The first-order chi connectivity index (χ1) is 6.81. The predicted octanol–water partition coefficient (Wildman–Crippen LogP) is 1.73. The number of carbonyl (C=O) groups is 1. The van der Waals surface area contributed by atoms with E-state index in [1.165, 1.54) is 0 Å². The van der Waals surface area contributed by atoms with Crippen LogP contribution in [0.3, 0.4) is 0 Å². The molecular formula is C11H22N2O2. The fraction of sp³-hybridized carbons (Fsp3) is 0.909. The summed E-state index contributed by atoms with van der Waals surface area (Å²) in [6.07, 6.45) is 1.77. The van der Waals surface area contributed by atoms with E-state index < -0.39 is 5.60 Å². The Balaban J connectivity index is 2.59. The molecule has 1 saturated heterocycles. The number of likely N-dealkylation sites (tertiary alicyclic amines) is 1. The summed E-state index contributed by atoms with van der Waals surface area (Å²) in [5.74, 6) is 0. The summed E-state index contributed by atoms with van der Waals surface area (Å²) in [5, 5.41) is 0. The zero-order valence-electron chi connectivity index (χ0n) is 10.1. The second-order valence-corrected chi connectivity index (χ2v) is 5.24. The molecule has 1 amide bonds. The van der Waals surface area contributed by atoms with E-state index >= 15 is 0 Å². The van der Waals surface area contributed by atoms with Crippen molar-refractivity contribution in [1.82, 2.24) is 4.90 Å². The second kappa shape index (κ2) is 4.39. The maximum Gasteiger partial charge on any atom is 0.410 e. The molecule has 0 aromatic rings. The largest absolute Gasteiger partial charge is 0.444 e. The summed E-state index contributed by atoms with van der Waals surface area (Å²) in [6.45, 7) is 8.33. The maximum absolute atomic E-state index is 11.8. The number of nitrogens with zero attached hydrogens (tertiary/aromatic N) is 1. The summed E-state index contributed by atoms with van der Waals surface area (Å²) in [7, 11) is 0. The van der Waals surface area contributed by atoms with Gasteiger partial charge in [0.05, 0.1) is 0 Å². The van der Waals surface area contributed by atoms with Gasteiger partial charge in [-0.25, -0.2) is 4.79 Å². The van der Waals surface area contributed by atoms with Crippen molar-refractivity contribution in [3.63, 3.8) is 0 Å². The first-order valence-electron chi connectivity index (χ1n) is 5.56. The van der Waals surface area contributed by atoms with Crippen molar-refractivity contribution in [3.8, 4) is 0 Å². The zero-order valence-corrected chi connectivity index (χ0v) is 10.1. The average molecular weight is 214 g/mol. The Labute approximate surface area is 91.8 Å². The normalized spacial score (nSPS) is 24.1. The van der Waals surface area contributed by atoms with Gasteiger partial charge in [-0.05, 0) is 40.5 Å². The summed E-state index contributed by atoms with van der Waals surface area (Å²) in [6, 6.07) is 0.153. The van der Waals surface area contributed by atoms with Crippen LogP contribution < -0.4 is 5.73 Å². The third-order valence-electron chi connectivity index (χ3n) is 2.53. The highest BCUT2D eigenvalue weighted by Gasteiger charge is 2.33. The second-order valence-electron chi connectivity index (χ2n) is 5.24. The van der Waals surface area contributed by atoms with E-state index in [4.69, 9.17) is 10.5 Å². The van der Waals surface area contributed by atoms with Gasteiger partial charge in [0.1, 0.15) is 5.60 Å². The van der Waals surface area contributed by atoms with Crippen molar-refractivity contribution in [3.05, 3.63) is 0 Å². The number of ether oxygens (including phenoxy) is 1. The van der Waals surface area contributed by atoms with Crippen LogP contribution in [0, 0.1) is 0 Å². The lowest BCUT2D eigenvalue weighted by atomic mass is 10.1. The molecule has 15 heavy (non-hydrogen) atoms. The van der Waals surface area contributed by atoms with Crippen molar-refractivity contribution >= 4 is 6.09 Å². The van der Waals surface area contributed by atoms with Gasteiger partial charge in [0, 0.05) is 18.6 Å². The maximum atomic E-state index is 11.8. The summed E-state index contributed by atoms with van der Waals surface area (Å²) >= 11 is 0. The number of carbonyl (C=O) groups excluding carboxylic acids is 1. The quantitative estimate of drug-likeness (QED) is 0.723. The van der Waals surface area contributed by atoms with E-state index in [-0.39, 0.29) is 18.2 Å². The van der Waals surface area contributed by atoms with Crippen LogP contribution >= 0.6 is 0 Å². The number of nitrogens with two attached hydrogens (primary N) is 1. The molecule has 0 aromatic carbocycles. The van der Waals surface area contributed by atoms with Crippen molar-refractivity contribution in [2.24, 2.45) is 5.73 Å². The van der Waals surface area contributed by atoms with Gasteiger partial charge in [-0.1, -0.05) is 0 Å². The van der Waals surface area contributed by atoms with Gasteiger partial charge in [-0.3, -0.25) is 0 Å². The minimum Gasteiger partial charge on any atom is -0.444 e. The summed E-state index contributed by atoms with van der Waals surface area (Å²) < 4.78 is 5.33. The first-order valence-corrected chi connectivity index (χ1v) is 5.56. The van der Waals surface area contributed by atoms with Crippen LogP contribution in [0.25, 0.3) is 0 Å². The van der Waals surface area contributed by atoms with Crippen LogP contribution in [0.1, 0.15) is 40.5 Å². The van der Waals surface area contributed by atoms with Crippen LogP contribution in [0.4, 0.5) is 4.79 Å². The van der Waals surface area contributed by atoms with Crippen molar-refractivity contribution in [1.29, 1.82) is 0 Å². The van der Waals surface area contributed by atoms with Gasteiger partial charge in [-0.2, -0.15) is 0 Å². The fourth-order valence-electron chi connectivity index (χ4n) is 1.89. The van der Waals surface area contributed by atoms with E-state index in [2.05, 4.69) is 0 Å². The Morgan fingerprint density at radius 2 is 2.13 bits per heavy atom. The predicted molar refractivity (Wildman–Crippen MR) is 59.6 cm³/mol. The van der Waals surface area contributed by atoms with E-state index in [1.54, 1.807) is 4.90 Å². The van der Waals surface area contributed by atoms with Crippen molar-refractivity contribution < 1.29 is 9.53 Å². The molecule has 4 heteroatoms. The summed E-state index contributed by atoms with van der Waals surface area (Å²) in [5.41, 5.74) is 5.41. The highest BCUT2D eigenvalue weighted by molar-refractivity contribution is 5.69. The van der Waals surface area contributed by atoms with Gasteiger partial charge in [0.15, 0.2) is 0 Å². The highest BCUT2D eigenvalue weighted by Crippen LogP contribution is 2.22. The molecule has 2 N–H and O–H groups in total.